The summed E-state index contributed by atoms with van der Waals surface area (Å²) >= 11 is 1.13. The second kappa shape index (κ2) is 6.45. The molecule has 0 fully saturated rings. The minimum atomic E-state index is -3.47. The van der Waals surface area contributed by atoms with E-state index in [1.807, 2.05) is 12.1 Å². The van der Waals surface area contributed by atoms with Gasteiger partial charge in [0.2, 0.25) is 0 Å². The average Bonchev–Trinajstić information content (AvgIpc) is 2.95. The molecular formula is C13H16N2O3S2. The molecule has 0 saturated heterocycles. The number of aliphatic hydroxyl groups excluding tert-OH is 1. The Bertz CT molecular complexity index is 653. The molecule has 2 heterocycles. The smallest absolute Gasteiger partial charge is 0.252 e. The van der Waals surface area contributed by atoms with E-state index in [2.05, 4.69) is 4.98 Å². The number of aromatic nitrogens is 1. The van der Waals surface area contributed by atoms with Crippen molar-refractivity contribution in [3.63, 3.8) is 0 Å². The van der Waals surface area contributed by atoms with E-state index in [9.17, 15) is 8.42 Å². The van der Waals surface area contributed by atoms with Crippen LogP contribution in [0.15, 0.2) is 40.2 Å². The Labute approximate surface area is 122 Å². The van der Waals surface area contributed by atoms with Crippen LogP contribution in [0.5, 0.6) is 0 Å². The summed E-state index contributed by atoms with van der Waals surface area (Å²) in [6.07, 6.45) is 4.02. The van der Waals surface area contributed by atoms with Crippen LogP contribution in [0.25, 0.3) is 0 Å². The molecule has 20 heavy (non-hydrogen) atoms. The molecule has 0 radical (unpaired) electrons. The first-order chi connectivity index (χ1) is 9.54. The van der Waals surface area contributed by atoms with Crippen LogP contribution in [-0.2, 0) is 23.1 Å². The molecule has 7 heteroatoms. The molecule has 0 amide bonds. The molecule has 5 nitrogen and oxygen atoms in total. The van der Waals surface area contributed by atoms with Gasteiger partial charge in [-0.05, 0) is 41.1 Å². The molecule has 1 N–H and O–H groups in total. The molecule has 0 bridgehead atoms. The molecule has 0 aliphatic heterocycles. The standard InChI is InChI=1S/C13H16N2O3S2/c1-15(7-4-11-2-5-14-6-3-11)20(17,18)13-8-12(9-16)10-19-13/h2-3,5-6,8,10,16H,4,7,9H2,1H3. The van der Waals surface area contributed by atoms with E-state index in [4.69, 9.17) is 5.11 Å². The first kappa shape index (κ1) is 15.1. The van der Waals surface area contributed by atoms with Crippen molar-refractivity contribution in [1.82, 2.24) is 9.29 Å². The van der Waals surface area contributed by atoms with Gasteiger partial charge in [0, 0.05) is 26.0 Å². The van der Waals surface area contributed by atoms with E-state index in [-0.39, 0.29) is 10.8 Å². The Morgan fingerprint density at radius 2 is 2.00 bits per heavy atom. The maximum Gasteiger partial charge on any atom is 0.252 e. The van der Waals surface area contributed by atoms with Gasteiger partial charge in [-0.2, -0.15) is 4.31 Å². The van der Waals surface area contributed by atoms with Gasteiger partial charge in [-0.1, -0.05) is 0 Å². The zero-order valence-corrected chi connectivity index (χ0v) is 12.7. The van der Waals surface area contributed by atoms with Gasteiger partial charge < -0.3 is 5.11 Å². The minimum absolute atomic E-state index is 0.146. The molecule has 0 spiro atoms. The zero-order chi connectivity index (χ0) is 14.6. The Kier molecular flexibility index (Phi) is 4.87. The summed E-state index contributed by atoms with van der Waals surface area (Å²) in [7, 11) is -1.91. The number of hydrogen-bond donors (Lipinski definition) is 1. The maximum atomic E-state index is 12.3. The topological polar surface area (TPSA) is 70.5 Å². The van der Waals surface area contributed by atoms with Crippen molar-refractivity contribution < 1.29 is 13.5 Å². The van der Waals surface area contributed by atoms with Gasteiger partial charge in [0.25, 0.3) is 10.0 Å². The Morgan fingerprint density at radius 1 is 1.30 bits per heavy atom. The summed E-state index contributed by atoms with van der Waals surface area (Å²) in [4.78, 5) is 3.93. The molecule has 0 aliphatic carbocycles. The maximum absolute atomic E-state index is 12.3. The normalized spacial score (nSPS) is 11.9. The van der Waals surface area contributed by atoms with Crippen LogP contribution in [0, 0.1) is 0 Å². The number of sulfonamides is 1. The van der Waals surface area contributed by atoms with Crippen LogP contribution >= 0.6 is 11.3 Å². The molecule has 2 aromatic rings. The van der Waals surface area contributed by atoms with Gasteiger partial charge in [0.1, 0.15) is 4.21 Å². The highest BCUT2D eigenvalue weighted by molar-refractivity contribution is 7.91. The zero-order valence-electron chi connectivity index (χ0n) is 11.1. The fourth-order valence-electron chi connectivity index (χ4n) is 1.68. The predicted molar refractivity (Wildman–Crippen MR) is 78.0 cm³/mol. The highest BCUT2D eigenvalue weighted by atomic mass is 32.2. The second-order valence-corrected chi connectivity index (χ2v) is 7.55. The summed E-state index contributed by atoms with van der Waals surface area (Å²) in [6.45, 7) is 0.255. The first-order valence-corrected chi connectivity index (χ1v) is 8.39. The van der Waals surface area contributed by atoms with Crippen molar-refractivity contribution in [3.8, 4) is 0 Å². The van der Waals surface area contributed by atoms with Gasteiger partial charge in [-0.15, -0.1) is 11.3 Å². The number of thiophene rings is 1. The number of aliphatic hydroxyl groups is 1. The third-order valence-electron chi connectivity index (χ3n) is 2.94. The Hall–Kier alpha value is -1.28. The third-order valence-corrected chi connectivity index (χ3v) is 6.26. The van der Waals surface area contributed by atoms with Crippen molar-refractivity contribution in [1.29, 1.82) is 0 Å². The lowest BCUT2D eigenvalue weighted by molar-refractivity contribution is 0.282. The van der Waals surface area contributed by atoms with E-state index < -0.39 is 10.0 Å². The quantitative estimate of drug-likeness (QED) is 0.877. The van der Waals surface area contributed by atoms with Crippen LogP contribution in [0.3, 0.4) is 0 Å². The molecule has 0 atom stereocenters. The van der Waals surface area contributed by atoms with E-state index >= 15 is 0 Å². The monoisotopic (exact) mass is 312 g/mol. The van der Waals surface area contributed by atoms with E-state index in [1.165, 1.54) is 10.4 Å². The SMILES string of the molecule is CN(CCc1ccncc1)S(=O)(=O)c1cc(CO)cs1. The number of likely N-dealkylation sites (N-methyl/N-ethyl adjacent to an activating group) is 1. The average molecular weight is 312 g/mol. The van der Waals surface area contributed by atoms with Crippen LogP contribution < -0.4 is 0 Å². The first-order valence-electron chi connectivity index (χ1n) is 6.07. The molecule has 2 rings (SSSR count). The third kappa shape index (κ3) is 3.43. The molecule has 0 saturated carbocycles. The largest absolute Gasteiger partial charge is 0.392 e. The van der Waals surface area contributed by atoms with Crippen LogP contribution in [-0.4, -0.2) is 36.4 Å². The lowest BCUT2D eigenvalue weighted by atomic mass is 10.2. The van der Waals surface area contributed by atoms with Crippen molar-refractivity contribution in [2.75, 3.05) is 13.6 Å². The summed E-state index contributed by atoms with van der Waals surface area (Å²) < 4.78 is 26.2. The second-order valence-electron chi connectivity index (χ2n) is 4.36. The Balaban J connectivity index is 2.05. The molecule has 108 valence electrons. The van der Waals surface area contributed by atoms with Crippen molar-refractivity contribution >= 4 is 21.4 Å². The van der Waals surface area contributed by atoms with Gasteiger partial charge in [-0.25, -0.2) is 8.42 Å². The summed E-state index contributed by atoms with van der Waals surface area (Å²) in [5.74, 6) is 0. The lowest BCUT2D eigenvalue weighted by Crippen LogP contribution is -2.28. The summed E-state index contributed by atoms with van der Waals surface area (Å²) in [5.41, 5.74) is 1.67. The van der Waals surface area contributed by atoms with Gasteiger partial charge in [0.15, 0.2) is 0 Å². The predicted octanol–water partition coefficient (Wildman–Crippen LogP) is 1.50. The number of pyridine rings is 1. The number of rotatable bonds is 6. The number of hydrogen-bond acceptors (Lipinski definition) is 5. The highest BCUT2D eigenvalue weighted by Gasteiger charge is 2.22. The molecular weight excluding hydrogens is 296 g/mol. The molecule has 2 aromatic heterocycles. The van der Waals surface area contributed by atoms with E-state index in [0.717, 1.165) is 16.9 Å². The van der Waals surface area contributed by atoms with Gasteiger partial charge in [0.05, 0.1) is 6.61 Å². The minimum Gasteiger partial charge on any atom is -0.392 e. The van der Waals surface area contributed by atoms with Gasteiger partial charge in [-0.3, -0.25) is 4.98 Å². The lowest BCUT2D eigenvalue weighted by Gasteiger charge is -2.15. The van der Waals surface area contributed by atoms with Crippen molar-refractivity contribution in [2.45, 2.75) is 17.2 Å². The van der Waals surface area contributed by atoms with Crippen LogP contribution in [0.2, 0.25) is 0 Å². The van der Waals surface area contributed by atoms with Crippen LogP contribution in [0.1, 0.15) is 11.1 Å². The fraction of sp³-hybridized carbons (Fsp3) is 0.308. The van der Waals surface area contributed by atoms with E-state index in [0.29, 0.717) is 18.5 Å². The van der Waals surface area contributed by atoms with Crippen molar-refractivity contribution in [3.05, 3.63) is 47.1 Å². The molecule has 0 aromatic carbocycles. The fourth-order valence-corrected chi connectivity index (χ4v) is 4.26. The van der Waals surface area contributed by atoms with Gasteiger partial charge >= 0.3 is 0 Å². The Morgan fingerprint density at radius 3 is 2.60 bits per heavy atom. The van der Waals surface area contributed by atoms with Crippen molar-refractivity contribution in [2.24, 2.45) is 0 Å². The summed E-state index contributed by atoms with van der Waals surface area (Å²) in [6, 6.07) is 5.26. The molecule has 0 aliphatic rings. The summed E-state index contributed by atoms with van der Waals surface area (Å²) in [5, 5.41) is 10.7. The van der Waals surface area contributed by atoms with Crippen LogP contribution in [0.4, 0.5) is 0 Å². The van der Waals surface area contributed by atoms with E-state index in [1.54, 1.807) is 24.8 Å². The highest BCUT2D eigenvalue weighted by Crippen LogP contribution is 2.23. The number of nitrogens with zero attached hydrogens (tertiary/aromatic N) is 2. The molecule has 0 unspecified atom stereocenters.